The quantitative estimate of drug-likeness (QED) is 0.366. The summed E-state index contributed by atoms with van der Waals surface area (Å²) in [5, 5.41) is 13.4. The zero-order chi connectivity index (χ0) is 22.2. The highest BCUT2D eigenvalue weighted by molar-refractivity contribution is 7.12. The minimum Gasteiger partial charge on any atom is -0.350 e. The Morgan fingerprint density at radius 2 is 1.55 bits per heavy atom. The molecular formula is C21H18Cl2N4O3S. The average molecular weight is 477 g/mol. The van der Waals surface area contributed by atoms with Crippen LogP contribution in [-0.2, 0) is 0 Å². The van der Waals surface area contributed by atoms with Gasteiger partial charge in [0.05, 0.1) is 15.6 Å². The first-order chi connectivity index (χ1) is 14.9. The van der Waals surface area contributed by atoms with Crippen molar-refractivity contribution in [2.45, 2.75) is 0 Å². The average Bonchev–Trinajstić information content (AvgIpc) is 3.29. The van der Waals surface area contributed by atoms with Crippen LogP contribution in [0.5, 0.6) is 0 Å². The number of halogens is 2. The number of nitrogens with one attached hydrogen (secondary N) is 4. The summed E-state index contributed by atoms with van der Waals surface area (Å²) in [6.45, 7) is 0.604. The first-order valence-electron chi connectivity index (χ1n) is 9.15. The predicted octanol–water partition coefficient (Wildman–Crippen LogP) is 4.86. The number of rotatable bonds is 7. The second-order valence-electron chi connectivity index (χ2n) is 6.27. The Hall–Kier alpha value is -3.07. The zero-order valence-electron chi connectivity index (χ0n) is 16.1. The van der Waals surface area contributed by atoms with Gasteiger partial charge in [-0.3, -0.25) is 9.59 Å². The Balaban J connectivity index is 1.44. The van der Waals surface area contributed by atoms with Gasteiger partial charge in [-0.05, 0) is 53.9 Å². The molecule has 4 N–H and O–H groups in total. The van der Waals surface area contributed by atoms with Crippen LogP contribution in [0.25, 0.3) is 0 Å². The second kappa shape index (κ2) is 10.8. The number of benzene rings is 2. The molecule has 2 aromatic carbocycles. The molecule has 7 nitrogen and oxygen atoms in total. The third kappa shape index (κ3) is 6.71. The first-order valence-corrected chi connectivity index (χ1v) is 10.8. The molecular weight excluding hydrogens is 459 g/mol. The van der Waals surface area contributed by atoms with Crippen molar-refractivity contribution >= 4 is 63.8 Å². The van der Waals surface area contributed by atoms with Gasteiger partial charge >= 0.3 is 6.03 Å². The van der Waals surface area contributed by atoms with Crippen LogP contribution < -0.4 is 21.3 Å². The summed E-state index contributed by atoms with van der Waals surface area (Å²) in [5.74, 6) is -0.455. The maximum Gasteiger partial charge on any atom is 0.323 e. The largest absolute Gasteiger partial charge is 0.350 e. The van der Waals surface area contributed by atoms with Crippen molar-refractivity contribution in [1.82, 2.24) is 10.6 Å². The number of hydrogen-bond donors (Lipinski definition) is 4. The minimum absolute atomic E-state index is 0.169. The first kappa shape index (κ1) is 22.6. The van der Waals surface area contributed by atoms with E-state index in [0.29, 0.717) is 45.0 Å². The monoisotopic (exact) mass is 476 g/mol. The fraction of sp³-hybridized carbons (Fsp3) is 0.0952. The van der Waals surface area contributed by atoms with Gasteiger partial charge in [0.1, 0.15) is 0 Å². The SMILES string of the molecule is O=C(Nc1ccc(C(=O)NCCNC(=O)c2cccs2)cc1)Nc1cc(Cl)ccc1Cl. The number of anilines is 2. The van der Waals surface area contributed by atoms with E-state index in [-0.39, 0.29) is 11.8 Å². The smallest absolute Gasteiger partial charge is 0.323 e. The molecule has 3 aromatic rings. The van der Waals surface area contributed by atoms with Crippen LogP contribution in [0.2, 0.25) is 10.0 Å². The van der Waals surface area contributed by atoms with Crippen molar-refractivity contribution in [1.29, 1.82) is 0 Å². The Bertz CT molecular complexity index is 1070. The Labute approximate surface area is 192 Å². The van der Waals surface area contributed by atoms with E-state index in [2.05, 4.69) is 21.3 Å². The van der Waals surface area contributed by atoms with Crippen molar-refractivity contribution in [3.63, 3.8) is 0 Å². The molecule has 0 bridgehead atoms. The van der Waals surface area contributed by atoms with Crippen molar-refractivity contribution in [2.24, 2.45) is 0 Å². The molecule has 31 heavy (non-hydrogen) atoms. The predicted molar refractivity (Wildman–Crippen MR) is 125 cm³/mol. The van der Waals surface area contributed by atoms with Crippen LogP contribution in [-0.4, -0.2) is 30.9 Å². The van der Waals surface area contributed by atoms with E-state index in [0.717, 1.165) is 0 Å². The molecule has 160 valence electrons. The molecule has 4 amide bonds. The van der Waals surface area contributed by atoms with Gasteiger partial charge < -0.3 is 21.3 Å². The Kier molecular flexibility index (Phi) is 7.88. The Morgan fingerprint density at radius 3 is 2.23 bits per heavy atom. The third-order valence-corrected chi connectivity index (χ3v) is 5.46. The third-order valence-electron chi connectivity index (χ3n) is 4.02. The van der Waals surface area contributed by atoms with Crippen LogP contribution in [0, 0.1) is 0 Å². The van der Waals surface area contributed by atoms with Crippen LogP contribution >= 0.6 is 34.5 Å². The van der Waals surface area contributed by atoms with Crippen molar-refractivity contribution < 1.29 is 14.4 Å². The number of hydrogen-bond acceptors (Lipinski definition) is 4. The minimum atomic E-state index is -0.497. The van der Waals surface area contributed by atoms with E-state index >= 15 is 0 Å². The van der Waals surface area contributed by atoms with Crippen LogP contribution in [0.15, 0.2) is 60.0 Å². The summed E-state index contributed by atoms with van der Waals surface area (Å²) in [6.07, 6.45) is 0. The lowest BCUT2D eigenvalue weighted by Crippen LogP contribution is -2.34. The molecule has 0 atom stereocenters. The summed E-state index contributed by atoms with van der Waals surface area (Å²) in [6, 6.07) is 14.2. The van der Waals surface area contributed by atoms with Gasteiger partial charge in [0.15, 0.2) is 0 Å². The lowest BCUT2D eigenvalue weighted by molar-refractivity contribution is 0.0929. The van der Waals surface area contributed by atoms with Crippen molar-refractivity contribution in [3.8, 4) is 0 Å². The maximum absolute atomic E-state index is 12.2. The molecule has 3 rings (SSSR count). The molecule has 0 aliphatic heterocycles. The van der Waals surface area contributed by atoms with Gasteiger partial charge in [-0.25, -0.2) is 4.79 Å². The van der Waals surface area contributed by atoms with Gasteiger partial charge in [-0.2, -0.15) is 0 Å². The highest BCUT2D eigenvalue weighted by Crippen LogP contribution is 2.25. The van der Waals surface area contributed by atoms with Gasteiger partial charge in [0.2, 0.25) is 0 Å². The number of carbonyl (C=O) groups is 3. The molecule has 1 aromatic heterocycles. The highest BCUT2D eigenvalue weighted by Gasteiger charge is 2.09. The molecule has 0 fully saturated rings. The molecule has 1 heterocycles. The molecule has 0 saturated carbocycles. The van der Waals surface area contributed by atoms with E-state index in [1.165, 1.54) is 11.3 Å². The topological polar surface area (TPSA) is 99.3 Å². The van der Waals surface area contributed by atoms with Crippen LogP contribution in [0.4, 0.5) is 16.2 Å². The maximum atomic E-state index is 12.2. The standard InChI is InChI=1S/C21H18Cl2N4O3S/c22-14-5-8-16(23)17(12-14)27-21(30)26-15-6-3-13(4-7-15)19(28)24-9-10-25-20(29)18-2-1-11-31-18/h1-8,11-12H,9-10H2,(H,24,28)(H,25,29)(H2,26,27,30). The summed E-state index contributed by atoms with van der Waals surface area (Å²) in [7, 11) is 0. The lowest BCUT2D eigenvalue weighted by atomic mass is 10.2. The molecule has 0 aliphatic rings. The molecule has 0 spiro atoms. The van der Waals surface area contributed by atoms with E-state index in [9.17, 15) is 14.4 Å². The number of carbonyl (C=O) groups excluding carboxylic acids is 3. The number of thiophene rings is 1. The van der Waals surface area contributed by atoms with Gasteiger partial charge in [-0.15, -0.1) is 11.3 Å². The summed E-state index contributed by atoms with van der Waals surface area (Å²) in [4.78, 5) is 36.8. The van der Waals surface area contributed by atoms with E-state index in [4.69, 9.17) is 23.2 Å². The van der Waals surface area contributed by atoms with E-state index in [1.807, 2.05) is 5.38 Å². The van der Waals surface area contributed by atoms with Gasteiger partial charge in [0, 0.05) is 29.4 Å². The lowest BCUT2D eigenvalue weighted by Gasteiger charge is -2.10. The van der Waals surface area contributed by atoms with Crippen LogP contribution in [0.1, 0.15) is 20.0 Å². The van der Waals surface area contributed by atoms with Gasteiger partial charge in [-0.1, -0.05) is 29.3 Å². The molecule has 0 radical (unpaired) electrons. The molecule has 0 saturated heterocycles. The Morgan fingerprint density at radius 1 is 0.839 bits per heavy atom. The fourth-order valence-electron chi connectivity index (χ4n) is 2.53. The zero-order valence-corrected chi connectivity index (χ0v) is 18.4. The van der Waals surface area contributed by atoms with Crippen molar-refractivity contribution in [2.75, 3.05) is 23.7 Å². The summed E-state index contributed by atoms with van der Waals surface area (Å²) < 4.78 is 0. The molecule has 0 unspecified atom stereocenters. The van der Waals surface area contributed by atoms with E-state index < -0.39 is 6.03 Å². The molecule has 10 heteroatoms. The molecule has 0 aliphatic carbocycles. The number of amides is 4. The fourth-order valence-corrected chi connectivity index (χ4v) is 3.51. The number of urea groups is 1. The van der Waals surface area contributed by atoms with Crippen LogP contribution in [0.3, 0.4) is 0 Å². The highest BCUT2D eigenvalue weighted by atomic mass is 35.5. The van der Waals surface area contributed by atoms with Gasteiger partial charge in [0.25, 0.3) is 11.8 Å². The summed E-state index contributed by atoms with van der Waals surface area (Å²) >= 11 is 13.3. The summed E-state index contributed by atoms with van der Waals surface area (Å²) in [5.41, 5.74) is 1.30. The van der Waals surface area contributed by atoms with E-state index in [1.54, 1.807) is 54.6 Å². The van der Waals surface area contributed by atoms with Crippen molar-refractivity contribution in [3.05, 3.63) is 80.5 Å². The normalized spacial score (nSPS) is 10.3. The second-order valence-corrected chi connectivity index (χ2v) is 8.06.